The van der Waals surface area contributed by atoms with E-state index in [0.717, 1.165) is 45.0 Å². The number of nitrogens with zero attached hydrogens (tertiary/aromatic N) is 2. The lowest BCUT2D eigenvalue weighted by Crippen LogP contribution is -2.42. The third kappa shape index (κ3) is 4.46. The molecule has 4 heteroatoms. The number of anilines is 1. The molecule has 0 spiro atoms. The van der Waals surface area contributed by atoms with Crippen LogP contribution in [0.15, 0.2) is 30.3 Å². The SMILES string of the molecule is CCN(C[C@@H]1CCOC1)C(=O)CN(CC)c1ccccc1. The first kappa shape index (κ1) is 15.8. The number of carbonyl (C=O) groups excluding carboxylic acids is 1. The molecule has 116 valence electrons. The molecule has 0 aliphatic carbocycles. The highest BCUT2D eigenvalue weighted by atomic mass is 16.5. The Labute approximate surface area is 127 Å². The van der Waals surface area contributed by atoms with Crippen molar-refractivity contribution in [1.82, 2.24) is 4.90 Å². The number of likely N-dealkylation sites (N-methyl/N-ethyl adjacent to an activating group) is 2. The standard InChI is InChI=1S/C17H26N2O2/c1-3-18(16-8-6-5-7-9-16)13-17(20)19(4-2)12-15-10-11-21-14-15/h5-9,15H,3-4,10-14H2,1-2H3/t15-/m0/s1. The maximum Gasteiger partial charge on any atom is 0.242 e. The number of amides is 1. The molecule has 0 unspecified atom stereocenters. The van der Waals surface area contributed by atoms with Crippen LogP contribution >= 0.6 is 0 Å². The van der Waals surface area contributed by atoms with Gasteiger partial charge in [-0.3, -0.25) is 4.79 Å². The molecular weight excluding hydrogens is 264 g/mol. The van der Waals surface area contributed by atoms with Crippen molar-refractivity contribution in [3.05, 3.63) is 30.3 Å². The average molecular weight is 290 g/mol. The molecule has 1 aliphatic heterocycles. The van der Waals surface area contributed by atoms with Crippen molar-refractivity contribution in [2.75, 3.05) is 44.3 Å². The lowest BCUT2D eigenvalue weighted by molar-refractivity contribution is -0.130. The summed E-state index contributed by atoms with van der Waals surface area (Å²) in [5.41, 5.74) is 1.11. The molecule has 1 fully saturated rings. The second-order valence-electron chi connectivity index (χ2n) is 5.51. The molecule has 1 amide bonds. The van der Waals surface area contributed by atoms with Crippen LogP contribution < -0.4 is 4.90 Å². The highest BCUT2D eigenvalue weighted by molar-refractivity contribution is 5.81. The average Bonchev–Trinajstić information content (AvgIpc) is 3.04. The van der Waals surface area contributed by atoms with Gasteiger partial charge >= 0.3 is 0 Å². The van der Waals surface area contributed by atoms with Crippen LogP contribution in [-0.4, -0.2) is 50.2 Å². The number of rotatable bonds is 7. The van der Waals surface area contributed by atoms with Gasteiger partial charge in [0.1, 0.15) is 0 Å². The van der Waals surface area contributed by atoms with Gasteiger partial charge in [0.25, 0.3) is 0 Å². The lowest BCUT2D eigenvalue weighted by Gasteiger charge is -2.28. The van der Waals surface area contributed by atoms with E-state index < -0.39 is 0 Å². The van der Waals surface area contributed by atoms with Gasteiger partial charge in [-0.2, -0.15) is 0 Å². The van der Waals surface area contributed by atoms with Crippen molar-refractivity contribution < 1.29 is 9.53 Å². The van der Waals surface area contributed by atoms with E-state index in [0.29, 0.717) is 12.5 Å². The molecule has 0 saturated carbocycles. The van der Waals surface area contributed by atoms with Crippen LogP contribution in [0.25, 0.3) is 0 Å². The summed E-state index contributed by atoms with van der Waals surface area (Å²) in [7, 11) is 0. The fourth-order valence-electron chi connectivity index (χ4n) is 2.73. The maximum absolute atomic E-state index is 12.5. The zero-order valence-corrected chi connectivity index (χ0v) is 13.1. The monoisotopic (exact) mass is 290 g/mol. The quantitative estimate of drug-likeness (QED) is 0.773. The zero-order chi connectivity index (χ0) is 15.1. The van der Waals surface area contributed by atoms with Crippen LogP contribution in [-0.2, 0) is 9.53 Å². The smallest absolute Gasteiger partial charge is 0.242 e. The van der Waals surface area contributed by atoms with E-state index in [1.807, 2.05) is 30.0 Å². The van der Waals surface area contributed by atoms with Gasteiger partial charge in [0, 0.05) is 37.8 Å². The minimum absolute atomic E-state index is 0.204. The van der Waals surface area contributed by atoms with E-state index in [1.165, 1.54) is 0 Å². The molecule has 0 N–H and O–H groups in total. The van der Waals surface area contributed by atoms with Gasteiger partial charge in [0.2, 0.25) is 5.91 Å². The predicted octanol–water partition coefficient (Wildman–Crippen LogP) is 2.40. The van der Waals surface area contributed by atoms with Gasteiger partial charge < -0.3 is 14.5 Å². The first-order chi connectivity index (χ1) is 10.2. The summed E-state index contributed by atoms with van der Waals surface area (Å²) in [6, 6.07) is 10.1. The second kappa shape index (κ2) is 8.03. The second-order valence-corrected chi connectivity index (χ2v) is 5.51. The number of hydrogen-bond donors (Lipinski definition) is 0. The van der Waals surface area contributed by atoms with Crippen LogP contribution in [0, 0.1) is 5.92 Å². The molecule has 0 bridgehead atoms. The third-order valence-corrected chi connectivity index (χ3v) is 4.07. The number of para-hydroxylation sites is 1. The summed E-state index contributed by atoms with van der Waals surface area (Å²) < 4.78 is 5.41. The van der Waals surface area contributed by atoms with E-state index in [2.05, 4.69) is 24.0 Å². The van der Waals surface area contributed by atoms with E-state index in [-0.39, 0.29) is 5.91 Å². The van der Waals surface area contributed by atoms with Crippen LogP contribution in [0.5, 0.6) is 0 Å². The molecule has 1 atom stereocenters. The predicted molar refractivity (Wildman–Crippen MR) is 85.5 cm³/mol. The van der Waals surface area contributed by atoms with Crippen LogP contribution in [0.2, 0.25) is 0 Å². The molecule has 21 heavy (non-hydrogen) atoms. The topological polar surface area (TPSA) is 32.8 Å². The van der Waals surface area contributed by atoms with Crippen molar-refractivity contribution in [3.8, 4) is 0 Å². The summed E-state index contributed by atoms with van der Waals surface area (Å²) in [6.45, 7) is 8.63. The first-order valence-corrected chi connectivity index (χ1v) is 7.90. The summed E-state index contributed by atoms with van der Waals surface area (Å²) in [5.74, 6) is 0.704. The molecule has 1 aliphatic rings. The van der Waals surface area contributed by atoms with Crippen molar-refractivity contribution in [1.29, 1.82) is 0 Å². The number of ether oxygens (including phenoxy) is 1. The summed E-state index contributed by atoms with van der Waals surface area (Å²) in [4.78, 5) is 16.6. The van der Waals surface area contributed by atoms with Crippen molar-refractivity contribution >= 4 is 11.6 Å². The minimum atomic E-state index is 0.204. The van der Waals surface area contributed by atoms with Crippen molar-refractivity contribution in [3.63, 3.8) is 0 Å². The summed E-state index contributed by atoms with van der Waals surface area (Å²) in [6.07, 6.45) is 1.07. The van der Waals surface area contributed by atoms with Gasteiger partial charge in [0.05, 0.1) is 13.2 Å². The van der Waals surface area contributed by atoms with Gasteiger partial charge in [-0.05, 0) is 32.4 Å². The minimum Gasteiger partial charge on any atom is -0.381 e. The fourth-order valence-corrected chi connectivity index (χ4v) is 2.73. The molecular formula is C17H26N2O2. The Balaban J connectivity index is 1.93. The number of benzene rings is 1. The highest BCUT2D eigenvalue weighted by Gasteiger charge is 2.22. The molecule has 4 nitrogen and oxygen atoms in total. The van der Waals surface area contributed by atoms with E-state index in [4.69, 9.17) is 4.74 Å². The molecule has 1 aromatic rings. The Kier molecular flexibility index (Phi) is 6.05. The Morgan fingerprint density at radius 1 is 1.24 bits per heavy atom. The van der Waals surface area contributed by atoms with Crippen LogP contribution in [0.4, 0.5) is 5.69 Å². The third-order valence-electron chi connectivity index (χ3n) is 4.07. The lowest BCUT2D eigenvalue weighted by atomic mass is 10.1. The number of hydrogen-bond acceptors (Lipinski definition) is 3. The molecule has 0 aromatic heterocycles. The van der Waals surface area contributed by atoms with Gasteiger partial charge in [-0.1, -0.05) is 18.2 Å². The fraction of sp³-hybridized carbons (Fsp3) is 0.588. The Bertz CT molecular complexity index is 430. The normalized spacial score (nSPS) is 17.7. The molecule has 1 saturated heterocycles. The van der Waals surface area contributed by atoms with Gasteiger partial charge in [-0.25, -0.2) is 0 Å². The summed E-state index contributed by atoms with van der Waals surface area (Å²) >= 11 is 0. The largest absolute Gasteiger partial charge is 0.381 e. The Morgan fingerprint density at radius 3 is 2.57 bits per heavy atom. The van der Waals surface area contributed by atoms with E-state index in [1.54, 1.807) is 0 Å². The van der Waals surface area contributed by atoms with E-state index in [9.17, 15) is 4.79 Å². The van der Waals surface area contributed by atoms with Gasteiger partial charge in [0.15, 0.2) is 0 Å². The first-order valence-electron chi connectivity index (χ1n) is 7.90. The maximum atomic E-state index is 12.5. The molecule has 2 rings (SSSR count). The number of carbonyl (C=O) groups is 1. The van der Waals surface area contributed by atoms with Crippen molar-refractivity contribution in [2.45, 2.75) is 20.3 Å². The Morgan fingerprint density at radius 2 is 2.00 bits per heavy atom. The summed E-state index contributed by atoms with van der Waals surface area (Å²) in [5, 5.41) is 0. The van der Waals surface area contributed by atoms with Crippen LogP contribution in [0.3, 0.4) is 0 Å². The zero-order valence-electron chi connectivity index (χ0n) is 13.1. The van der Waals surface area contributed by atoms with E-state index >= 15 is 0 Å². The molecule has 1 heterocycles. The highest BCUT2D eigenvalue weighted by Crippen LogP contribution is 2.16. The molecule has 0 radical (unpaired) electrons. The molecule has 1 aromatic carbocycles. The Hall–Kier alpha value is -1.55. The van der Waals surface area contributed by atoms with Gasteiger partial charge in [-0.15, -0.1) is 0 Å². The van der Waals surface area contributed by atoms with Crippen molar-refractivity contribution in [2.24, 2.45) is 5.92 Å². The van der Waals surface area contributed by atoms with Crippen LogP contribution in [0.1, 0.15) is 20.3 Å².